The fraction of sp³-hybridized carbons (Fsp3) is 0.286. The number of rotatable bonds is 7. The van der Waals surface area contributed by atoms with Gasteiger partial charge in [0.15, 0.2) is 11.6 Å². The molecule has 0 N–H and O–H groups in total. The predicted molar refractivity (Wildman–Crippen MR) is 111 cm³/mol. The summed E-state index contributed by atoms with van der Waals surface area (Å²) in [7, 11) is -4.26. The molecule has 0 fully saturated rings. The molecule has 1 atom stereocenters. The van der Waals surface area contributed by atoms with Crippen molar-refractivity contribution in [2.45, 2.75) is 37.6 Å². The van der Waals surface area contributed by atoms with Crippen LogP contribution in [0.25, 0.3) is 10.9 Å². The third-order valence-electron chi connectivity index (χ3n) is 5.13. The van der Waals surface area contributed by atoms with Crippen molar-refractivity contribution in [3.63, 3.8) is 0 Å². The standard InChI is InChI=1S/C21H20F2N2O6S/c1-4-31-20(26)21(3,25(27)28)12-14-11-17(22)18(23)16-9-10-24(19(14)16)32(29,30)15-7-5-13(2)6-8-15/h5-11H,4,12H2,1-3H3. The summed E-state index contributed by atoms with van der Waals surface area (Å²) in [6.45, 7) is 4.09. The van der Waals surface area contributed by atoms with Crippen LogP contribution in [0.3, 0.4) is 0 Å². The average molecular weight is 466 g/mol. The van der Waals surface area contributed by atoms with Crippen molar-refractivity contribution in [3.8, 4) is 0 Å². The Morgan fingerprint density at radius 2 is 1.84 bits per heavy atom. The molecule has 0 aliphatic rings. The molecule has 170 valence electrons. The summed E-state index contributed by atoms with van der Waals surface area (Å²) in [4.78, 5) is 23.0. The molecule has 2 aromatic carbocycles. The van der Waals surface area contributed by atoms with Gasteiger partial charge in [0.1, 0.15) is 0 Å². The number of hydrogen-bond donors (Lipinski definition) is 0. The van der Waals surface area contributed by atoms with Gasteiger partial charge in [0.25, 0.3) is 10.0 Å². The van der Waals surface area contributed by atoms with Crippen LogP contribution in [0.5, 0.6) is 0 Å². The molecule has 0 aliphatic heterocycles. The molecule has 1 heterocycles. The van der Waals surface area contributed by atoms with Gasteiger partial charge in [-0.05, 0) is 43.7 Å². The number of nitrogens with zero attached hydrogens (tertiary/aromatic N) is 2. The summed E-state index contributed by atoms with van der Waals surface area (Å²) < 4.78 is 60.8. The molecule has 8 nitrogen and oxygen atoms in total. The highest BCUT2D eigenvalue weighted by Gasteiger charge is 2.48. The highest BCUT2D eigenvalue weighted by molar-refractivity contribution is 7.90. The van der Waals surface area contributed by atoms with Crippen LogP contribution < -0.4 is 0 Å². The Bertz CT molecular complexity index is 1320. The van der Waals surface area contributed by atoms with E-state index in [0.29, 0.717) is 6.07 Å². The number of hydrogen-bond acceptors (Lipinski definition) is 6. The van der Waals surface area contributed by atoms with Crippen LogP contribution in [0.4, 0.5) is 8.78 Å². The molecule has 0 bridgehead atoms. The zero-order valence-electron chi connectivity index (χ0n) is 17.5. The van der Waals surface area contributed by atoms with Crippen LogP contribution in [-0.4, -0.2) is 35.4 Å². The molecule has 0 saturated heterocycles. The number of ether oxygens (including phenoxy) is 1. The quantitative estimate of drug-likeness (QED) is 0.299. The van der Waals surface area contributed by atoms with Gasteiger partial charge >= 0.3 is 11.5 Å². The first-order valence-electron chi connectivity index (χ1n) is 9.55. The van der Waals surface area contributed by atoms with E-state index in [0.717, 1.165) is 28.7 Å². The summed E-state index contributed by atoms with van der Waals surface area (Å²) in [6.07, 6.45) is 0.319. The Hall–Kier alpha value is -3.34. The minimum absolute atomic E-state index is 0.112. The van der Waals surface area contributed by atoms with Crippen LogP contribution in [0, 0.1) is 28.7 Å². The molecule has 0 aliphatic carbocycles. The van der Waals surface area contributed by atoms with E-state index in [1.54, 1.807) is 19.1 Å². The van der Waals surface area contributed by atoms with E-state index in [2.05, 4.69) is 0 Å². The number of aromatic nitrogens is 1. The summed E-state index contributed by atoms with van der Waals surface area (Å²) in [6, 6.07) is 7.59. The SMILES string of the molecule is CCOC(=O)C(C)(Cc1cc(F)c(F)c2ccn(S(=O)(=O)c3ccc(C)cc3)c12)[N+](=O)[O-]. The van der Waals surface area contributed by atoms with Gasteiger partial charge in [-0.15, -0.1) is 0 Å². The van der Waals surface area contributed by atoms with Crippen molar-refractivity contribution in [3.05, 3.63) is 75.5 Å². The summed E-state index contributed by atoms with van der Waals surface area (Å²) >= 11 is 0. The Morgan fingerprint density at radius 3 is 2.41 bits per heavy atom. The van der Waals surface area contributed by atoms with Crippen molar-refractivity contribution < 1.29 is 31.7 Å². The van der Waals surface area contributed by atoms with Gasteiger partial charge in [-0.3, -0.25) is 10.1 Å². The lowest BCUT2D eigenvalue weighted by molar-refractivity contribution is -0.550. The number of fused-ring (bicyclic) bond motifs is 1. The molecule has 3 rings (SSSR count). The number of nitro groups is 1. The van der Waals surface area contributed by atoms with E-state index in [-0.39, 0.29) is 28.0 Å². The Morgan fingerprint density at radius 1 is 1.22 bits per heavy atom. The molecular formula is C21H20F2N2O6S. The molecule has 0 radical (unpaired) electrons. The van der Waals surface area contributed by atoms with Crippen molar-refractivity contribution in [2.75, 3.05) is 6.61 Å². The maximum atomic E-state index is 14.5. The van der Waals surface area contributed by atoms with Crippen molar-refractivity contribution in [1.82, 2.24) is 3.97 Å². The molecule has 0 amide bonds. The number of carbonyl (C=O) groups excluding carboxylic acids is 1. The fourth-order valence-electron chi connectivity index (χ4n) is 3.35. The lowest BCUT2D eigenvalue weighted by Crippen LogP contribution is -2.46. The second-order valence-electron chi connectivity index (χ2n) is 7.45. The summed E-state index contributed by atoms with van der Waals surface area (Å²) in [5, 5.41) is 11.3. The van der Waals surface area contributed by atoms with Crippen LogP contribution in [-0.2, 0) is 26.0 Å². The summed E-state index contributed by atoms with van der Waals surface area (Å²) in [5.74, 6) is -3.81. The van der Waals surface area contributed by atoms with Crippen LogP contribution in [0.2, 0.25) is 0 Å². The molecule has 1 aromatic heterocycles. The second kappa shape index (κ2) is 8.30. The van der Waals surface area contributed by atoms with Gasteiger partial charge in [-0.1, -0.05) is 17.7 Å². The zero-order chi connectivity index (χ0) is 23.8. The number of carbonyl (C=O) groups is 1. The Kier molecular flexibility index (Phi) is 6.05. The lowest BCUT2D eigenvalue weighted by atomic mass is 9.92. The second-order valence-corrected chi connectivity index (χ2v) is 9.27. The molecule has 0 saturated carbocycles. The minimum atomic E-state index is -4.26. The van der Waals surface area contributed by atoms with Gasteiger partial charge in [-0.25, -0.2) is 26.0 Å². The highest BCUT2D eigenvalue weighted by atomic mass is 32.2. The van der Waals surface area contributed by atoms with Crippen LogP contribution in [0.15, 0.2) is 47.5 Å². The van der Waals surface area contributed by atoms with Gasteiger partial charge in [0, 0.05) is 23.4 Å². The topological polar surface area (TPSA) is 109 Å². The van der Waals surface area contributed by atoms with E-state index in [1.165, 1.54) is 19.1 Å². The third kappa shape index (κ3) is 3.83. The molecule has 0 spiro atoms. The largest absolute Gasteiger partial charge is 0.461 e. The number of halogens is 2. The molecule has 3 aromatic rings. The Balaban J connectivity index is 2.27. The fourth-order valence-corrected chi connectivity index (χ4v) is 4.73. The van der Waals surface area contributed by atoms with Crippen LogP contribution >= 0.6 is 0 Å². The van der Waals surface area contributed by atoms with E-state index in [1.807, 2.05) is 0 Å². The Labute approximate surface area is 182 Å². The lowest BCUT2D eigenvalue weighted by Gasteiger charge is -2.20. The first kappa shape index (κ1) is 23.3. The third-order valence-corrected chi connectivity index (χ3v) is 6.82. The summed E-state index contributed by atoms with van der Waals surface area (Å²) in [5.41, 5.74) is -2.06. The molecular weight excluding hydrogens is 446 g/mol. The molecule has 32 heavy (non-hydrogen) atoms. The average Bonchev–Trinajstić information content (AvgIpc) is 3.18. The first-order valence-corrected chi connectivity index (χ1v) is 11.0. The van der Waals surface area contributed by atoms with Crippen molar-refractivity contribution in [1.29, 1.82) is 0 Å². The van der Waals surface area contributed by atoms with E-state index < -0.39 is 44.5 Å². The normalized spacial score (nSPS) is 13.7. The first-order chi connectivity index (χ1) is 14.9. The minimum Gasteiger partial charge on any atom is -0.461 e. The highest BCUT2D eigenvalue weighted by Crippen LogP contribution is 2.32. The number of esters is 1. The number of benzene rings is 2. The van der Waals surface area contributed by atoms with Gasteiger partial charge in [-0.2, -0.15) is 0 Å². The van der Waals surface area contributed by atoms with Gasteiger partial charge in [0.05, 0.1) is 23.4 Å². The predicted octanol–water partition coefficient (Wildman–Crippen LogP) is 3.61. The van der Waals surface area contributed by atoms with E-state index in [9.17, 15) is 32.1 Å². The van der Waals surface area contributed by atoms with E-state index >= 15 is 0 Å². The molecule has 11 heteroatoms. The monoisotopic (exact) mass is 466 g/mol. The van der Waals surface area contributed by atoms with Crippen molar-refractivity contribution in [2.24, 2.45) is 0 Å². The van der Waals surface area contributed by atoms with Gasteiger partial charge in [0.2, 0.25) is 0 Å². The van der Waals surface area contributed by atoms with Gasteiger partial charge < -0.3 is 4.74 Å². The smallest absolute Gasteiger partial charge is 0.384 e. The maximum absolute atomic E-state index is 14.5. The molecule has 1 unspecified atom stereocenters. The van der Waals surface area contributed by atoms with Crippen LogP contribution in [0.1, 0.15) is 25.0 Å². The zero-order valence-corrected chi connectivity index (χ0v) is 18.3. The van der Waals surface area contributed by atoms with Crippen molar-refractivity contribution >= 4 is 26.9 Å². The maximum Gasteiger partial charge on any atom is 0.384 e. The van der Waals surface area contributed by atoms with E-state index in [4.69, 9.17) is 4.74 Å². The number of aryl methyl sites for hydroxylation is 1.